The minimum absolute atomic E-state index is 0.106. The normalized spacial score (nSPS) is 16.2. The Labute approximate surface area is 148 Å². The van der Waals surface area contributed by atoms with Crippen molar-refractivity contribution < 1.29 is 14.3 Å². The molecule has 1 atom stereocenters. The number of benzene rings is 1. The van der Waals surface area contributed by atoms with E-state index in [4.69, 9.17) is 9.47 Å². The van der Waals surface area contributed by atoms with E-state index in [-0.39, 0.29) is 12.1 Å². The van der Waals surface area contributed by atoms with Gasteiger partial charge in [0.15, 0.2) is 3.83 Å². The lowest BCUT2D eigenvalue weighted by Gasteiger charge is -2.12. The van der Waals surface area contributed by atoms with Gasteiger partial charge in [0.1, 0.15) is 11.9 Å². The standard InChI is InChI=1S/C17H19IN2O3/c1-10-15(20-17(18)19-10)7-8-22-13-4-5-14-12(9-13)3-6-16(14)23-11(2)21/h4-5,9,16H,3,6-8H2,1-2H3,(H,19,20)/t16-/m0/s1. The number of aromatic nitrogens is 2. The van der Waals surface area contributed by atoms with Gasteiger partial charge in [-0.3, -0.25) is 4.79 Å². The molecule has 0 saturated heterocycles. The Bertz CT molecular complexity index is 727. The molecule has 1 aromatic heterocycles. The van der Waals surface area contributed by atoms with Gasteiger partial charge in [-0.05, 0) is 65.6 Å². The lowest BCUT2D eigenvalue weighted by molar-refractivity contribution is -0.146. The van der Waals surface area contributed by atoms with Crippen LogP contribution in [0.15, 0.2) is 18.2 Å². The molecule has 5 nitrogen and oxygen atoms in total. The van der Waals surface area contributed by atoms with Crippen LogP contribution in [0, 0.1) is 10.8 Å². The van der Waals surface area contributed by atoms with Crippen LogP contribution < -0.4 is 4.74 Å². The molecule has 0 fully saturated rings. The molecule has 2 aromatic rings. The summed E-state index contributed by atoms with van der Waals surface area (Å²) in [6.45, 7) is 4.07. The minimum atomic E-state index is -0.229. The molecule has 122 valence electrons. The van der Waals surface area contributed by atoms with Gasteiger partial charge in [0.25, 0.3) is 0 Å². The molecule has 1 aromatic carbocycles. The van der Waals surface area contributed by atoms with E-state index in [1.165, 1.54) is 12.5 Å². The maximum absolute atomic E-state index is 11.1. The molecule has 1 N–H and O–H groups in total. The topological polar surface area (TPSA) is 64.2 Å². The number of rotatable bonds is 5. The number of H-pyrrole nitrogens is 1. The van der Waals surface area contributed by atoms with Crippen molar-refractivity contribution in [1.82, 2.24) is 9.97 Å². The summed E-state index contributed by atoms with van der Waals surface area (Å²) >= 11 is 2.18. The van der Waals surface area contributed by atoms with Gasteiger partial charge in [-0.15, -0.1) is 0 Å². The maximum atomic E-state index is 11.1. The summed E-state index contributed by atoms with van der Waals surface area (Å²) in [4.78, 5) is 18.8. The van der Waals surface area contributed by atoms with Crippen LogP contribution in [0.4, 0.5) is 0 Å². The van der Waals surface area contributed by atoms with E-state index in [0.717, 1.165) is 45.8 Å². The summed E-state index contributed by atoms with van der Waals surface area (Å²) in [6.07, 6.45) is 2.44. The lowest BCUT2D eigenvalue weighted by atomic mass is 10.1. The molecule has 0 amide bonds. The Morgan fingerprint density at radius 1 is 1.48 bits per heavy atom. The summed E-state index contributed by atoms with van der Waals surface area (Å²) < 4.78 is 12.1. The van der Waals surface area contributed by atoms with Gasteiger partial charge in [-0.25, -0.2) is 4.98 Å². The first-order valence-electron chi connectivity index (χ1n) is 7.67. The zero-order valence-corrected chi connectivity index (χ0v) is 15.3. The van der Waals surface area contributed by atoms with Gasteiger partial charge < -0.3 is 14.5 Å². The van der Waals surface area contributed by atoms with E-state index in [2.05, 4.69) is 38.6 Å². The van der Waals surface area contributed by atoms with Crippen molar-refractivity contribution in [2.45, 2.75) is 39.2 Å². The van der Waals surface area contributed by atoms with Crippen molar-refractivity contribution in [1.29, 1.82) is 0 Å². The molecule has 23 heavy (non-hydrogen) atoms. The number of imidazole rings is 1. The number of nitrogens with zero attached hydrogens (tertiary/aromatic N) is 1. The van der Waals surface area contributed by atoms with Gasteiger partial charge in [-0.2, -0.15) is 0 Å². The number of carbonyl (C=O) groups excluding carboxylic acids is 1. The molecule has 0 spiro atoms. The number of halogens is 1. The number of nitrogens with one attached hydrogen (secondary N) is 1. The number of hydrogen-bond acceptors (Lipinski definition) is 4. The summed E-state index contributed by atoms with van der Waals surface area (Å²) in [7, 11) is 0. The van der Waals surface area contributed by atoms with E-state index in [1.807, 2.05) is 19.1 Å². The zero-order valence-electron chi connectivity index (χ0n) is 13.2. The second-order valence-electron chi connectivity index (χ2n) is 5.70. The van der Waals surface area contributed by atoms with E-state index < -0.39 is 0 Å². The first kappa shape index (κ1) is 16.3. The SMILES string of the molecule is CC(=O)O[C@H]1CCc2cc(OCCc3nc(I)[nH]c3C)ccc21. The average molecular weight is 426 g/mol. The molecule has 0 bridgehead atoms. The smallest absolute Gasteiger partial charge is 0.303 e. The minimum Gasteiger partial charge on any atom is -0.493 e. The fourth-order valence-corrected chi connectivity index (χ4v) is 3.63. The molecule has 1 aliphatic rings. The van der Waals surface area contributed by atoms with Crippen LogP contribution in [0.1, 0.15) is 42.0 Å². The number of aryl methyl sites for hydroxylation is 2. The largest absolute Gasteiger partial charge is 0.493 e. The number of ether oxygens (including phenoxy) is 2. The first-order valence-corrected chi connectivity index (χ1v) is 8.74. The molecule has 0 unspecified atom stereocenters. The van der Waals surface area contributed by atoms with Gasteiger partial charge in [0.2, 0.25) is 0 Å². The number of hydrogen-bond donors (Lipinski definition) is 1. The highest BCUT2D eigenvalue weighted by Gasteiger charge is 2.25. The Hall–Kier alpha value is -1.57. The van der Waals surface area contributed by atoms with E-state index in [1.54, 1.807) is 0 Å². The van der Waals surface area contributed by atoms with Gasteiger partial charge in [-0.1, -0.05) is 6.07 Å². The van der Waals surface area contributed by atoms with E-state index >= 15 is 0 Å². The van der Waals surface area contributed by atoms with Crippen LogP contribution in [-0.4, -0.2) is 22.5 Å². The average Bonchev–Trinajstić information content (AvgIpc) is 3.02. The molecule has 0 radical (unpaired) electrons. The highest BCUT2D eigenvalue weighted by atomic mass is 127. The van der Waals surface area contributed by atoms with Crippen LogP contribution in [-0.2, 0) is 22.4 Å². The summed E-state index contributed by atoms with van der Waals surface area (Å²) in [5, 5.41) is 0. The van der Waals surface area contributed by atoms with Crippen LogP contribution in [0.3, 0.4) is 0 Å². The maximum Gasteiger partial charge on any atom is 0.303 e. The molecular weight excluding hydrogens is 407 g/mol. The highest BCUT2D eigenvalue weighted by molar-refractivity contribution is 14.1. The fraction of sp³-hybridized carbons (Fsp3) is 0.412. The van der Waals surface area contributed by atoms with E-state index in [0.29, 0.717) is 6.61 Å². The number of fused-ring (bicyclic) bond motifs is 1. The molecule has 1 heterocycles. The third kappa shape index (κ3) is 3.85. The Kier molecular flexibility index (Phi) is 4.89. The molecule has 6 heteroatoms. The molecular formula is C17H19IN2O3. The van der Waals surface area contributed by atoms with Crippen molar-refractivity contribution in [2.24, 2.45) is 0 Å². The third-order valence-electron chi connectivity index (χ3n) is 4.01. The first-order chi connectivity index (χ1) is 11.0. The molecule has 3 rings (SSSR count). The van der Waals surface area contributed by atoms with Crippen LogP contribution in [0.25, 0.3) is 0 Å². The van der Waals surface area contributed by atoms with Crippen molar-refractivity contribution in [3.63, 3.8) is 0 Å². The van der Waals surface area contributed by atoms with Crippen LogP contribution >= 0.6 is 22.6 Å². The number of carbonyl (C=O) groups is 1. The number of aromatic amines is 1. The number of esters is 1. The Morgan fingerprint density at radius 3 is 3.00 bits per heavy atom. The molecule has 0 aliphatic heterocycles. The predicted octanol–water partition coefficient (Wildman–Crippen LogP) is 3.49. The highest BCUT2D eigenvalue weighted by Crippen LogP contribution is 2.36. The van der Waals surface area contributed by atoms with Crippen LogP contribution in [0.5, 0.6) is 5.75 Å². The van der Waals surface area contributed by atoms with Gasteiger partial charge in [0.05, 0.1) is 12.3 Å². The second-order valence-corrected chi connectivity index (χ2v) is 6.72. The van der Waals surface area contributed by atoms with Crippen LogP contribution in [0.2, 0.25) is 0 Å². The zero-order chi connectivity index (χ0) is 16.4. The van der Waals surface area contributed by atoms with Crippen molar-refractivity contribution in [3.05, 3.63) is 44.5 Å². The Balaban J connectivity index is 1.60. The van der Waals surface area contributed by atoms with Gasteiger partial charge >= 0.3 is 5.97 Å². The summed E-state index contributed by atoms with van der Waals surface area (Å²) in [6, 6.07) is 6.01. The van der Waals surface area contributed by atoms with Crippen molar-refractivity contribution in [3.8, 4) is 5.75 Å². The third-order valence-corrected chi connectivity index (χ3v) is 4.52. The molecule has 0 saturated carbocycles. The monoisotopic (exact) mass is 426 g/mol. The summed E-state index contributed by atoms with van der Waals surface area (Å²) in [5.41, 5.74) is 4.45. The van der Waals surface area contributed by atoms with E-state index in [9.17, 15) is 4.79 Å². The molecule has 1 aliphatic carbocycles. The summed E-state index contributed by atoms with van der Waals surface area (Å²) in [5.74, 6) is 0.627. The fourth-order valence-electron chi connectivity index (χ4n) is 2.93. The van der Waals surface area contributed by atoms with Crippen molar-refractivity contribution in [2.75, 3.05) is 6.61 Å². The quantitative estimate of drug-likeness (QED) is 0.588. The van der Waals surface area contributed by atoms with Gasteiger partial charge in [0, 0.05) is 19.0 Å². The lowest BCUT2D eigenvalue weighted by Crippen LogP contribution is -2.05. The van der Waals surface area contributed by atoms with Crippen molar-refractivity contribution >= 4 is 28.6 Å². The Morgan fingerprint density at radius 2 is 2.30 bits per heavy atom. The predicted molar refractivity (Wildman–Crippen MR) is 94.5 cm³/mol. The second kappa shape index (κ2) is 6.90.